The van der Waals surface area contributed by atoms with E-state index >= 15 is 0 Å². The maximum absolute atomic E-state index is 14.9. The fourth-order valence-corrected chi connectivity index (χ4v) is 4.60. The zero-order chi connectivity index (χ0) is 22.2. The standard InChI is InChI=1S/C23H26F2N6O/c1-30-21-11-17(24)15(9-20(21)29-23(30)32)13-28-19-5-4-16(10-18(19)25)27-12-14-3-2-7-31-8-6-26-22(14)31/h2-3,6-9,11,16,18-19,27-28H,4-5,10,12-13H2,1H3,(H,29,32)/t16-,18+,19-/m1/s1. The van der Waals surface area contributed by atoms with E-state index in [1.54, 1.807) is 19.3 Å². The van der Waals surface area contributed by atoms with Crippen LogP contribution in [0.15, 0.2) is 47.7 Å². The molecule has 1 aliphatic carbocycles. The van der Waals surface area contributed by atoms with Crippen LogP contribution >= 0.6 is 0 Å². The molecule has 0 bridgehead atoms. The first-order valence-corrected chi connectivity index (χ1v) is 10.9. The molecule has 0 radical (unpaired) electrons. The number of pyridine rings is 1. The molecule has 0 spiro atoms. The number of imidazole rings is 2. The van der Waals surface area contributed by atoms with E-state index in [4.69, 9.17) is 0 Å². The van der Waals surface area contributed by atoms with E-state index in [1.165, 1.54) is 10.6 Å². The molecule has 0 aliphatic heterocycles. The number of aromatic amines is 1. The lowest BCUT2D eigenvalue weighted by atomic mass is 9.89. The lowest BCUT2D eigenvalue weighted by molar-refractivity contribution is 0.160. The minimum absolute atomic E-state index is 0.0840. The molecule has 0 saturated heterocycles. The second-order valence-electron chi connectivity index (χ2n) is 8.54. The Hall–Kier alpha value is -3.04. The molecule has 3 N–H and O–H groups in total. The van der Waals surface area contributed by atoms with Gasteiger partial charge in [-0.05, 0) is 31.4 Å². The molecule has 1 aromatic carbocycles. The Morgan fingerprint density at radius 2 is 2.03 bits per heavy atom. The number of aryl methyl sites for hydroxylation is 1. The van der Waals surface area contributed by atoms with Crippen LogP contribution in [-0.2, 0) is 20.1 Å². The molecule has 0 unspecified atom stereocenters. The Kier molecular flexibility index (Phi) is 5.52. The molecule has 1 aliphatic rings. The second kappa shape index (κ2) is 8.48. The summed E-state index contributed by atoms with van der Waals surface area (Å²) in [7, 11) is 1.59. The molecule has 3 atom stereocenters. The van der Waals surface area contributed by atoms with Gasteiger partial charge in [0.2, 0.25) is 0 Å². The van der Waals surface area contributed by atoms with Gasteiger partial charge in [0.05, 0.1) is 11.0 Å². The van der Waals surface area contributed by atoms with Crippen LogP contribution in [0.25, 0.3) is 16.7 Å². The lowest BCUT2D eigenvalue weighted by Crippen LogP contribution is -2.46. The topological polar surface area (TPSA) is 79.2 Å². The van der Waals surface area contributed by atoms with Crippen LogP contribution in [0.2, 0.25) is 0 Å². The smallest absolute Gasteiger partial charge is 0.310 e. The average molecular weight is 440 g/mol. The minimum Gasteiger partial charge on any atom is -0.310 e. The molecule has 32 heavy (non-hydrogen) atoms. The van der Waals surface area contributed by atoms with E-state index in [0.29, 0.717) is 36.0 Å². The first-order valence-electron chi connectivity index (χ1n) is 10.9. The van der Waals surface area contributed by atoms with Gasteiger partial charge in [-0.15, -0.1) is 0 Å². The van der Waals surface area contributed by atoms with Crippen LogP contribution < -0.4 is 16.3 Å². The predicted octanol–water partition coefficient (Wildman–Crippen LogP) is 2.79. The van der Waals surface area contributed by atoms with Crippen molar-refractivity contribution in [3.8, 4) is 0 Å². The Labute approximate surface area is 183 Å². The summed E-state index contributed by atoms with van der Waals surface area (Å²) in [5.41, 5.74) is 3.21. The number of nitrogens with one attached hydrogen (secondary N) is 3. The molecule has 7 nitrogen and oxygen atoms in total. The van der Waals surface area contributed by atoms with Crippen molar-refractivity contribution in [2.75, 3.05) is 0 Å². The van der Waals surface area contributed by atoms with Crippen LogP contribution in [-0.4, -0.2) is 37.2 Å². The van der Waals surface area contributed by atoms with Gasteiger partial charge in [-0.3, -0.25) is 4.57 Å². The Bertz CT molecular complexity index is 1310. The number of rotatable bonds is 6. The number of halogens is 2. The first kappa shape index (κ1) is 20.8. The third-order valence-electron chi connectivity index (χ3n) is 6.48. The minimum atomic E-state index is -1.02. The van der Waals surface area contributed by atoms with Crippen LogP contribution in [0.3, 0.4) is 0 Å². The van der Waals surface area contributed by atoms with Gasteiger partial charge in [-0.1, -0.05) is 6.07 Å². The third-order valence-corrected chi connectivity index (χ3v) is 6.48. The molecule has 5 rings (SSSR count). The van der Waals surface area contributed by atoms with Gasteiger partial charge in [-0.25, -0.2) is 18.6 Å². The van der Waals surface area contributed by atoms with Gasteiger partial charge in [0.1, 0.15) is 17.6 Å². The van der Waals surface area contributed by atoms with Gasteiger partial charge < -0.3 is 20.0 Å². The van der Waals surface area contributed by atoms with Crippen molar-refractivity contribution in [1.82, 2.24) is 29.6 Å². The maximum atomic E-state index is 14.9. The van der Waals surface area contributed by atoms with Crippen molar-refractivity contribution >= 4 is 16.7 Å². The highest BCUT2D eigenvalue weighted by atomic mass is 19.1. The largest absolute Gasteiger partial charge is 0.326 e. The Morgan fingerprint density at radius 1 is 1.19 bits per heavy atom. The van der Waals surface area contributed by atoms with Crippen LogP contribution in [0, 0.1) is 5.82 Å². The lowest BCUT2D eigenvalue weighted by Gasteiger charge is -2.33. The number of H-pyrrole nitrogens is 1. The van der Waals surface area contributed by atoms with Crippen LogP contribution in [0.4, 0.5) is 8.78 Å². The van der Waals surface area contributed by atoms with Gasteiger partial charge >= 0.3 is 5.69 Å². The summed E-state index contributed by atoms with van der Waals surface area (Å²) < 4.78 is 32.7. The zero-order valence-corrected chi connectivity index (χ0v) is 17.8. The molecule has 1 fully saturated rings. The SMILES string of the molecule is Cn1c(=O)[nH]c2cc(CN[C@@H]3CC[C@@H](NCc4cccn5ccnc45)C[C@@H]3F)c(F)cc21. The summed E-state index contributed by atoms with van der Waals surface area (Å²) in [4.78, 5) is 18.8. The highest BCUT2D eigenvalue weighted by Gasteiger charge is 2.30. The Morgan fingerprint density at radius 3 is 2.88 bits per heavy atom. The number of nitrogens with zero attached hydrogens (tertiary/aromatic N) is 3. The fraction of sp³-hybridized carbons (Fsp3) is 0.391. The zero-order valence-electron chi connectivity index (χ0n) is 17.8. The van der Waals surface area contributed by atoms with Gasteiger partial charge in [-0.2, -0.15) is 0 Å². The van der Waals surface area contributed by atoms with Crippen LogP contribution in [0.5, 0.6) is 0 Å². The fourth-order valence-electron chi connectivity index (χ4n) is 4.60. The molecule has 0 amide bonds. The first-order chi connectivity index (χ1) is 15.5. The van der Waals surface area contributed by atoms with E-state index in [0.717, 1.165) is 17.6 Å². The summed E-state index contributed by atoms with van der Waals surface area (Å²) in [5.74, 6) is -0.404. The van der Waals surface area contributed by atoms with Crippen molar-refractivity contribution in [3.05, 3.63) is 70.3 Å². The van der Waals surface area contributed by atoms with Crippen molar-refractivity contribution in [2.45, 2.75) is 50.6 Å². The van der Waals surface area contributed by atoms with E-state index in [9.17, 15) is 13.6 Å². The summed E-state index contributed by atoms with van der Waals surface area (Å²) >= 11 is 0. The van der Waals surface area contributed by atoms with Crippen molar-refractivity contribution in [2.24, 2.45) is 7.05 Å². The summed E-state index contributed by atoms with van der Waals surface area (Å²) in [6, 6.07) is 6.73. The van der Waals surface area contributed by atoms with E-state index in [2.05, 4.69) is 20.6 Å². The predicted molar refractivity (Wildman–Crippen MR) is 119 cm³/mol. The van der Waals surface area contributed by atoms with E-state index < -0.39 is 12.0 Å². The number of alkyl halides is 1. The quantitative estimate of drug-likeness (QED) is 0.431. The van der Waals surface area contributed by atoms with Crippen molar-refractivity contribution < 1.29 is 8.78 Å². The molecular formula is C23H26F2N6O. The number of benzene rings is 1. The number of aromatic nitrogens is 4. The molecule has 168 valence electrons. The third kappa shape index (κ3) is 3.93. The van der Waals surface area contributed by atoms with Gasteiger partial charge in [0.25, 0.3) is 0 Å². The Balaban J connectivity index is 1.17. The molecule has 9 heteroatoms. The monoisotopic (exact) mass is 440 g/mol. The second-order valence-corrected chi connectivity index (χ2v) is 8.54. The van der Waals surface area contributed by atoms with Crippen LogP contribution in [0.1, 0.15) is 30.4 Å². The highest BCUT2D eigenvalue weighted by molar-refractivity contribution is 5.76. The molecule has 4 aromatic rings. The average Bonchev–Trinajstić information content (AvgIpc) is 3.37. The summed E-state index contributed by atoms with van der Waals surface area (Å²) in [6.45, 7) is 0.848. The normalized spacial score (nSPS) is 21.5. The number of hydrogen-bond acceptors (Lipinski definition) is 4. The van der Waals surface area contributed by atoms with Crippen molar-refractivity contribution in [1.29, 1.82) is 0 Å². The summed E-state index contributed by atoms with van der Waals surface area (Å²) in [5, 5.41) is 6.64. The molecule has 1 saturated carbocycles. The number of fused-ring (bicyclic) bond motifs is 2. The van der Waals surface area contributed by atoms with E-state index in [1.807, 2.05) is 28.9 Å². The van der Waals surface area contributed by atoms with Crippen molar-refractivity contribution in [3.63, 3.8) is 0 Å². The highest BCUT2D eigenvalue weighted by Crippen LogP contribution is 2.24. The molecular weight excluding hydrogens is 414 g/mol. The maximum Gasteiger partial charge on any atom is 0.326 e. The van der Waals surface area contributed by atoms with Gasteiger partial charge in [0, 0.05) is 68.0 Å². The molecule has 3 aromatic heterocycles. The number of hydrogen-bond donors (Lipinski definition) is 3. The van der Waals surface area contributed by atoms with E-state index in [-0.39, 0.29) is 24.3 Å². The summed E-state index contributed by atoms with van der Waals surface area (Å²) in [6.07, 6.45) is 6.51. The van der Waals surface area contributed by atoms with Gasteiger partial charge in [0.15, 0.2) is 0 Å². The molecule has 3 heterocycles.